The molecule has 0 saturated heterocycles. The fourth-order valence-corrected chi connectivity index (χ4v) is 1.65. The highest BCUT2D eigenvalue weighted by molar-refractivity contribution is 5.72. The average molecular weight is 218 g/mol. The molecule has 4 nitrogen and oxygen atoms in total. The fourth-order valence-electron chi connectivity index (χ4n) is 1.65. The molecule has 0 aliphatic carbocycles. The van der Waals surface area contributed by atoms with Gasteiger partial charge in [0.1, 0.15) is 11.6 Å². The van der Waals surface area contributed by atoms with Gasteiger partial charge in [0, 0.05) is 13.5 Å². The van der Waals surface area contributed by atoms with Gasteiger partial charge in [0.15, 0.2) is 5.65 Å². The number of aromatic amines is 1. The van der Waals surface area contributed by atoms with Gasteiger partial charge in [0.25, 0.3) is 0 Å². The molecule has 0 amide bonds. The van der Waals surface area contributed by atoms with Crippen LogP contribution in [-0.4, -0.2) is 22.0 Å². The van der Waals surface area contributed by atoms with E-state index in [-0.39, 0.29) is 0 Å². The van der Waals surface area contributed by atoms with Gasteiger partial charge in [-0.1, -0.05) is 20.3 Å². The maximum Gasteiger partial charge on any atom is 0.179 e. The molecule has 0 fully saturated rings. The molecule has 2 N–H and O–H groups in total. The monoisotopic (exact) mass is 218 g/mol. The lowest BCUT2D eigenvalue weighted by Crippen LogP contribution is -1.99. The highest BCUT2D eigenvalue weighted by Crippen LogP contribution is 2.15. The number of nitrogens with one attached hydrogen (secondary N) is 2. The summed E-state index contributed by atoms with van der Waals surface area (Å²) in [6.45, 7) is 4.43. The molecule has 0 bridgehead atoms. The van der Waals surface area contributed by atoms with E-state index in [4.69, 9.17) is 0 Å². The normalized spacial score (nSPS) is 12.9. The van der Waals surface area contributed by atoms with Crippen molar-refractivity contribution in [1.29, 1.82) is 0 Å². The standard InChI is InChI=1S/C12H18N4/c1-4-8(2)7-11-14-9-5-6-10(13-3)15-12(9)16-11/h5-6,8H,4,7H2,1-3H3,(H2,13,14,15,16). The summed E-state index contributed by atoms with van der Waals surface area (Å²) in [5.74, 6) is 2.54. The first-order chi connectivity index (χ1) is 7.72. The van der Waals surface area contributed by atoms with Crippen LogP contribution in [0.2, 0.25) is 0 Å². The van der Waals surface area contributed by atoms with Crippen molar-refractivity contribution in [2.24, 2.45) is 5.92 Å². The lowest BCUT2D eigenvalue weighted by molar-refractivity contribution is 0.547. The van der Waals surface area contributed by atoms with Crippen molar-refractivity contribution in [2.75, 3.05) is 12.4 Å². The molecule has 1 atom stereocenters. The summed E-state index contributed by atoms with van der Waals surface area (Å²) in [4.78, 5) is 12.2. The first kappa shape index (κ1) is 10.9. The van der Waals surface area contributed by atoms with Crippen molar-refractivity contribution in [3.8, 4) is 0 Å². The first-order valence-corrected chi connectivity index (χ1v) is 5.76. The molecule has 0 spiro atoms. The van der Waals surface area contributed by atoms with E-state index in [1.54, 1.807) is 0 Å². The Labute approximate surface area is 95.5 Å². The number of nitrogens with zero attached hydrogens (tertiary/aromatic N) is 2. The maximum absolute atomic E-state index is 4.50. The predicted molar refractivity (Wildman–Crippen MR) is 66.6 cm³/mol. The van der Waals surface area contributed by atoms with Crippen LogP contribution in [0.3, 0.4) is 0 Å². The van der Waals surface area contributed by atoms with Crippen molar-refractivity contribution < 1.29 is 0 Å². The van der Waals surface area contributed by atoms with Crippen LogP contribution < -0.4 is 5.32 Å². The van der Waals surface area contributed by atoms with Crippen LogP contribution >= 0.6 is 0 Å². The quantitative estimate of drug-likeness (QED) is 0.829. The third-order valence-electron chi connectivity index (χ3n) is 2.89. The van der Waals surface area contributed by atoms with Gasteiger partial charge in [0.05, 0.1) is 5.52 Å². The lowest BCUT2D eigenvalue weighted by atomic mass is 10.1. The molecule has 0 saturated carbocycles. The van der Waals surface area contributed by atoms with Crippen LogP contribution in [0.5, 0.6) is 0 Å². The minimum atomic E-state index is 0.657. The Hall–Kier alpha value is -1.58. The summed E-state index contributed by atoms with van der Waals surface area (Å²) in [7, 11) is 1.86. The summed E-state index contributed by atoms with van der Waals surface area (Å²) in [6.07, 6.45) is 2.16. The van der Waals surface area contributed by atoms with Gasteiger partial charge in [-0.15, -0.1) is 0 Å². The molecule has 0 aromatic carbocycles. The summed E-state index contributed by atoms with van der Waals surface area (Å²) >= 11 is 0. The van der Waals surface area contributed by atoms with Gasteiger partial charge in [0.2, 0.25) is 0 Å². The molecular formula is C12H18N4. The highest BCUT2D eigenvalue weighted by Gasteiger charge is 2.07. The highest BCUT2D eigenvalue weighted by atomic mass is 15.0. The minimum Gasteiger partial charge on any atom is -0.373 e. The van der Waals surface area contributed by atoms with E-state index < -0.39 is 0 Å². The Bertz CT molecular complexity index is 475. The molecule has 16 heavy (non-hydrogen) atoms. The number of pyridine rings is 1. The molecular weight excluding hydrogens is 200 g/mol. The number of H-pyrrole nitrogens is 1. The third-order valence-corrected chi connectivity index (χ3v) is 2.89. The van der Waals surface area contributed by atoms with Crippen molar-refractivity contribution in [3.05, 3.63) is 18.0 Å². The van der Waals surface area contributed by atoms with Gasteiger partial charge in [-0.3, -0.25) is 0 Å². The van der Waals surface area contributed by atoms with E-state index in [0.717, 1.165) is 29.2 Å². The number of aromatic nitrogens is 3. The Morgan fingerprint density at radius 3 is 2.88 bits per heavy atom. The number of imidazole rings is 1. The largest absolute Gasteiger partial charge is 0.373 e. The number of rotatable bonds is 4. The van der Waals surface area contributed by atoms with Crippen molar-refractivity contribution in [3.63, 3.8) is 0 Å². The van der Waals surface area contributed by atoms with Gasteiger partial charge < -0.3 is 10.3 Å². The second-order valence-corrected chi connectivity index (χ2v) is 4.22. The number of hydrogen-bond acceptors (Lipinski definition) is 3. The Balaban J connectivity index is 2.29. The molecule has 0 aliphatic rings. The van der Waals surface area contributed by atoms with Crippen molar-refractivity contribution in [1.82, 2.24) is 15.0 Å². The fraction of sp³-hybridized carbons (Fsp3) is 0.500. The van der Waals surface area contributed by atoms with E-state index in [2.05, 4.69) is 34.1 Å². The summed E-state index contributed by atoms with van der Waals surface area (Å²) in [5.41, 5.74) is 1.81. The van der Waals surface area contributed by atoms with Gasteiger partial charge in [-0.25, -0.2) is 9.97 Å². The molecule has 2 rings (SSSR count). The number of fused-ring (bicyclic) bond motifs is 1. The minimum absolute atomic E-state index is 0.657. The first-order valence-electron chi connectivity index (χ1n) is 5.76. The van der Waals surface area contributed by atoms with Crippen LogP contribution in [0.15, 0.2) is 12.1 Å². The van der Waals surface area contributed by atoms with E-state index in [1.165, 1.54) is 6.42 Å². The smallest absolute Gasteiger partial charge is 0.179 e. The van der Waals surface area contributed by atoms with Gasteiger partial charge >= 0.3 is 0 Å². The van der Waals surface area contributed by atoms with Crippen LogP contribution in [0.25, 0.3) is 11.2 Å². The Morgan fingerprint density at radius 2 is 2.19 bits per heavy atom. The zero-order valence-electron chi connectivity index (χ0n) is 10.0. The zero-order valence-corrected chi connectivity index (χ0v) is 10.0. The number of anilines is 1. The average Bonchev–Trinajstić information content (AvgIpc) is 2.69. The molecule has 2 heterocycles. The second-order valence-electron chi connectivity index (χ2n) is 4.22. The van der Waals surface area contributed by atoms with E-state index in [0.29, 0.717) is 5.92 Å². The topological polar surface area (TPSA) is 53.6 Å². The molecule has 2 aromatic rings. The van der Waals surface area contributed by atoms with Crippen LogP contribution in [0.4, 0.5) is 5.82 Å². The second kappa shape index (κ2) is 4.51. The maximum atomic E-state index is 4.50. The molecule has 0 radical (unpaired) electrons. The van der Waals surface area contributed by atoms with Crippen molar-refractivity contribution in [2.45, 2.75) is 26.7 Å². The van der Waals surface area contributed by atoms with Crippen LogP contribution in [0, 0.1) is 5.92 Å². The predicted octanol–water partition coefficient (Wildman–Crippen LogP) is 2.59. The summed E-state index contributed by atoms with van der Waals surface area (Å²) < 4.78 is 0. The van der Waals surface area contributed by atoms with Crippen molar-refractivity contribution >= 4 is 17.0 Å². The van der Waals surface area contributed by atoms with Gasteiger partial charge in [-0.05, 0) is 18.1 Å². The number of hydrogen-bond donors (Lipinski definition) is 2. The molecule has 0 aliphatic heterocycles. The van der Waals surface area contributed by atoms with Gasteiger partial charge in [-0.2, -0.15) is 0 Å². The Morgan fingerprint density at radius 1 is 1.38 bits per heavy atom. The van der Waals surface area contributed by atoms with Crippen LogP contribution in [-0.2, 0) is 6.42 Å². The van der Waals surface area contributed by atoms with Crippen LogP contribution in [0.1, 0.15) is 26.1 Å². The van der Waals surface area contributed by atoms with E-state index in [9.17, 15) is 0 Å². The van der Waals surface area contributed by atoms with E-state index in [1.807, 2.05) is 19.2 Å². The summed E-state index contributed by atoms with van der Waals surface area (Å²) in [6, 6.07) is 3.97. The lowest BCUT2D eigenvalue weighted by Gasteiger charge is -2.03. The zero-order chi connectivity index (χ0) is 11.5. The SMILES string of the molecule is CCC(C)Cc1nc2nc(NC)ccc2[nH]1. The third kappa shape index (κ3) is 2.15. The Kier molecular flexibility index (Phi) is 3.08. The van der Waals surface area contributed by atoms with E-state index >= 15 is 0 Å². The molecule has 1 unspecified atom stereocenters. The molecule has 86 valence electrons. The molecule has 4 heteroatoms. The molecule has 2 aromatic heterocycles. The summed E-state index contributed by atoms with van der Waals surface area (Å²) in [5, 5.41) is 3.02.